The summed E-state index contributed by atoms with van der Waals surface area (Å²) in [6.45, 7) is 0.676. The highest BCUT2D eigenvalue weighted by Crippen LogP contribution is 2.27. The van der Waals surface area contributed by atoms with Crippen LogP contribution in [0, 0.1) is 0 Å². The molecule has 16 heavy (non-hydrogen) atoms. The molecule has 2 heterocycles. The topological polar surface area (TPSA) is 41.6 Å². The van der Waals surface area contributed by atoms with E-state index in [9.17, 15) is 4.79 Å². The molecule has 2 aliphatic rings. The number of ether oxygens (including phenoxy) is 1. The van der Waals surface area contributed by atoms with E-state index in [2.05, 4.69) is 5.43 Å². The van der Waals surface area contributed by atoms with E-state index in [4.69, 9.17) is 4.74 Å². The Hall–Kier alpha value is -2.23. The lowest BCUT2D eigenvalue weighted by atomic mass is 10.2. The summed E-state index contributed by atoms with van der Waals surface area (Å²) in [6.07, 6.45) is 4.20. The zero-order valence-electron chi connectivity index (χ0n) is 8.51. The molecule has 4 heteroatoms. The summed E-state index contributed by atoms with van der Waals surface area (Å²) in [5, 5.41) is 1.88. The monoisotopic (exact) mass is 214 g/mol. The number of hydrogen-bond donors (Lipinski definition) is 1. The molecule has 0 fully saturated rings. The summed E-state index contributed by atoms with van der Waals surface area (Å²) < 4.78 is 5.55. The zero-order valence-corrected chi connectivity index (χ0v) is 8.51. The van der Waals surface area contributed by atoms with Crippen molar-refractivity contribution in [3.05, 3.63) is 53.6 Å². The smallest absolute Gasteiger partial charge is 0.167 e. The number of para-hydroxylation sites is 1. The Labute approximate surface area is 92.8 Å². The minimum atomic E-state index is 0.550. The van der Waals surface area contributed by atoms with Crippen molar-refractivity contribution in [3.8, 4) is 5.75 Å². The van der Waals surface area contributed by atoms with Crippen molar-refractivity contribution in [2.75, 3.05) is 0 Å². The van der Waals surface area contributed by atoms with Crippen LogP contribution < -0.4 is 10.2 Å². The number of allylic oxidation sites excluding steroid dienone is 2. The lowest BCUT2D eigenvalue weighted by molar-refractivity contribution is -0.105. The van der Waals surface area contributed by atoms with Crippen LogP contribution in [0.15, 0.2) is 48.0 Å². The lowest BCUT2D eigenvalue weighted by Crippen LogP contribution is -2.30. The van der Waals surface area contributed by atoms with E-state index in [1.54, 1.807) is 12.3 Å². The van der Waals surface area contributed by atoms with Gasteiger partial charge in [0.1, 0.15) is 12.0 Å². The fourth-order valence-corrected chi connectivity index (χ4v) is 1.82. The highest BCUT2D eigenvalue weighted by molar-refractivity contribution is 5.74. The molecule has 0 saturated carbocycles. The highest BCUT2D eigenvalue weighted by Gasteiger charge is 2.21. The molecule has 1 aromatic carbocycles. The molecule has 0 amide bonds. The maximum Gasteiger partial charge on any atom is 0.167 e. The van der Waals surface area contributed by atoms with E-state index >= 15 is 0 Å². The molecule has 0 bridgehead atoms. The number of nitrogens with one attached hydrogen (secondary N) is 1. The van der Waals surface area contributed by atoms with Gasteiger partial charge in [-0.1, -0.05) is 18.2 Å². The SMILES string of the molecule is O=CC1=CC2=COc3ccccc3CN2N1. The van der Waals surface area contributed by atoms with Gasteiger partial charge in [0.25, 0.3) is 0 Å². The Bertz CT molecular complexity index is 505. The molecule has 0 aliphatic carbocycles. The van der Waals surface area contributed by atoms with E-state index in [0.29, 0.717) is 12.2 Å². The summed E-state index contributed by atoms with van der Waals surface area (Å²) in [6, 6.07) is 7.84. The van der Waals surface area contributed by atoms with Gasteiger partial charge in [0.05, 0.1) is 17.9 Å². The second-order valence-electron chi connectivity index (χ2n) is 3.68. The minimum absolute atomic E-state index is 0.550. The van der Waals surface area contributed by atoms with Crippen LogP contribution in [0.1, 0.15) is 5.56 Å². The first kappa shape index (κ1) is 9.03. The summed E-state index contributed by atoms with van der Waals surface area (Å²) in [5.74, 6) is 0.854. The molecule has 4 nitrogen and oxygen atoms in total. The van der Waals surface area contributed by atoms with E-state index in [1.807, 2.05) is 29.3 Å². The average Bonchev–Trinajstić information content (AvgIpc) is 2.63. The van der Waals surface area contributed by atoms with Crippen LogP contribution in [0.3, 0.4) is 0 Å². The first-order valence-corrected chi connectivity index (χ1v) is 5.02. The Morgan fingerprint density at radius 2 is 2.25 bits per heavy atom. The van der Waals surface area contributed by atoms with Crippen molar-refractivity contribution >= 4 is 6.29 Å². The number of benzene rings is 1. The maximum atomic E-state index is 10.7. The fourth-order valence-electron chi connectivity index (χ4n) is 1.82. The van der Waals surface area contributed by atoms with Crippen molar-refractivity contribution in [2.45, 2.75) is 6.54 Å². The Balaban J connectivity index is 1.97. The molecule has 0 saturated heterocycles. The number of aldehydes is 1. The minimum Gasteiger partial charge on any atom is -0.462 e. The van der Waals surface area contributed by atoms with Crippen LogP contribution in [0.25, 0.3) is 0 Å². The van der Waals surface area contributed by atoms with Crippen LogP contribution >= 0.6 is 0 Å². The molecular weight excluding hydrogens is 204 g/mol. The Morgan fingerprint density at radius 1 is 1.38 bits per heavy atom. The van der Waals surface area contributed by atoms with Gasteiger partial charge in [-0.25, -0.2) is 0 Å². The maximum absolute atomic E-state index is 10.7. The molecule has 0 spiro atoms. The Morgan fingerprint density at radius 3 is 3.12 bits per heavy atom. The molecule has 0 aromatic heterocycles. The number of hydrogen-bond acceptors (Lipinski definition) is 4. The third kappa shape index (κ3) is 1.35. The van der Waals surface area contributed by atoms with Crippen molar-refractivity contribution < 1.29 is 9.53 Å². The normalized spacial score (nSPS) is 17.1. The van der Waals surface area contributed by atoms with Gasteiger partial charge >= 0.3 is 0 Å². The zero-order chi connectivity index (χ0) is 11.0. The van der Waals surface area contributed by atoms with Gasteiger partial charge in [-0.05, 0) is 12.1 Å². The first-order chi connectivity index (χ1) is 7.86. The molecule has 1 N–H and O–H groups in total. The van der Waals surface area contributed by atoms with Gasteiger partial charge in [-0.15, -0.1) is 0 Å². The molecule has 0 unspecified atom stereocenters. The van der Waals surface area contributed by atoms with Crippen LogP contribution in [-0.2, 0) is 11.3 Å². The molecule has 2 aliphatic heterocycles. The first-order valence-electron chi connectivity index (χ1n) is 5.02. The van der Waals surface area contributed by atoms with Crippen molar-refractivity contribution in [1.82, 2.24) is 10.4 Å². The predicted octanol–water partition coefficient (Wildman–Crippen LogP) is 1.32. The summed E-state index contributed by atoms with van der Waals surface area (Å²) >= 11 is 0. The number of hydrazine groups is 1. The van der Waals surface area contributed by atoms with Crippen molar-refractivity contribution in [3.63, 3.8) is 0 Å². The fraction of sp³-hybridized carbons (Fsp3) is 0.0833. The average molecular weight is 214 g/mol. The van der Waals surface area contributed by atoms with Crippen LogP contribution in [-0.4, -0.2) is 11.3 Å². The van der Waals surface area contributed by atoms with Crippen LogP contribution in [0.2, 0.25) is 0 Å². The van der Waals surface area contributed by atoms with Gasteiger partial charge in [-0.2, -0.15) is 0 Å². The quantitative estimate of drug-likeness (QED) is 0.716. The number of rotatable bonds is 1. The summed E-state index contributed by atoms with van der Waals surface area (Å²) in [5.41, 5.74) is 5.50. The number of fused-ring (bicyclic) bond motifs is 2. The summed E-state index contributed by atoms with van der Waals surface area (Å²) in [7, 11) is 0. The van der Waals surface area contributed by atoms with Crippen LogP contribution in [0.5, 0.6) is 5.75 Å². The van der Waals surface area contributed by atoms with E-state index in [0.717, 1.165) is 23.3 Å². The van der Waals surface area contributed by atoms with E-state index in [1.165, 1.54) is 0 Å². The van der Waals surface area contributed by atoms with E-state index < -0.39 is 0 Å². The third-order valence-electron chi connectivity index (χ3n) is 2.61. The molecular formula is C12H10N2O2. The molecule has 80 valence electrons. The lowest BCUT2D eigenvalue weighted by Gasteiger charge is -2.18. The van der Waals surface area contributed by atoms with Gasteiger partial charge in [0.15, 0.2) is 6.29 Å². The van der Waals surface area contributed by atoms with Gasteiger partial charge < -0.3 is 4.74 Å². The second-order valence-corrected chi connectivity index (χ2v) is 3.68. The van der Waals surface area contributed by atoms with Gasteiger partial charge in [0.2, 0.25) is 0 Å². The predicted molar refractivity (Wildman–Crippen MR) is 58.0 cm³/mol. The Kier molecular flexibility index (Phi) is 1.93. The molecule has 0 atom stereocenters. The largest absolute Gasteiger partial charge is 0.462 e. The number of nitrogens with zero attached hydrogens (tertiary/aromatic N) is 1. The molecule has 0 radical (unpaired) electrons. The second kappa shape index (κ2) is 3.41. The standard InChI is InChI=1S/C12H10N2O2/c15-7-10-5-11-8-16-12-4-2-1-3-9(12)6-14(11)13-10/h1-5,7-8,13H,6H2. The molecule has 1 aromatic rings. The van der Waals surface area contributed by atoms with Gasteiger partial charge in [0, 0.05) is 5.56 Å². The highest BCUT2D eigenvalue weighted by atomic mass is 16.5. The number of carbonyl (C=O) groups is 1. The number of carbonyl (C=O) groups excluding carboxylic acids is 1. The third-order valence-corrected chi connectivity index (χ3v) is 2.61. The van der Waals surface area contributed by atoms with Crippen molar-refractivity contribution in [1.29, 1.82) is 0 Å². The van der Waals surface area contributed by atoms with Crippen molar-refractivity contribution in [2.24, 2.45) is 0 Å². The summed E-state index contributed by atoms with van der Waals surface area (Å²) in [4.78, 5) is 10.7. The van der Waals surface area contributed by atoms with E-state index in [-0.39, 0.29) is 0 Å². The van der Waals surface area contributed by atoms with Gasteiger partial charge in [-0.3, -0.25) is 15.2 Å². The van der Waals surface area contributed by atoms with Crippen LogP contribution in [0.4, 0.5) is 0 Å². The molecule has 3 rings (SSSR count).